The van der Waals surface area contributed by atoms with Gasteiger partial charge in [-0.1, -0.05) is 13.8 Å². The number of ether oxygens (including phenoxy) is 1. The molecule has 3 aliphatic carbocycles. The topological polar surface area (TPSA) is 26.3 Å². The fourth-order valence-electron chi connectivity index (χ4n) is 5.46. The maximum atomic E-state index is 12.5. The van der Waals surface area contributed by atoms with Crippen molar-refractivity contribution >= 4 is 5.78 Å². The zero-order valence-corrected chi connectivity index (χ0v) is 11.5. The molecule has 2 heteroatoms. The molecular weight excluding hydrogens is 212 g/mol. The van der Waals surface area contributed by atoms with Gasteiger partial charge in [0.05, 0.1) is 5.60 Å². The van der Waals surface area contributed by atoms with Gasteiger partial charge in [-0.2, -0.15) is 0 Å². The molecule has 0 aromatic heterocycles. The summed E-state index contributed by atoms with van der Waals surface area (Å²) in [6.07, 6.45) is 5.21. The Balaban J connectivity index is 2.09. The van der Waals surface area contributed by atoms with E-state index < -0.39 is 0 Å². The summed E-state index contributed by atoms with van der Waals surface area (Å²) in [7, 11) is 1.82. The molecule has 4 atom stereocenters. The summed E-state index contributed by atoms with van der Waals surface area (Å²) < 4.78 is 5.80. The van der Waals surface area contributed by atoms with Crippen LogP contribution in [0.25, 0.3) is 0 Å². The van der Waals surface area contributed by atoms with Crippen LogP contribution in [-0.4, -0.2) is 18.5 Å². The Morgan fingerprint density at radius 2 is 1.88 bits per heavy atom. The zero-order valence-electron chi connectivity index (χ0n) is 11.5. The minimum atomic E-state index is -0.0635. The van der Waals surface area contributed by atoms with E-state index in [-0.39, 0.29) is 11.0 Å². The highest BCUT2D eigenvalue weighted by atomic mass is 16.5. The van der Waals surface area contributed by atoms with Gasteiger partial charge in [0, 0.05) is 24.9 Å². The van der Waals surface area contributed by atoms with Gasteiger partial charge in [-0.05, 0) is 43.9 Å². The molecule has 2 unspecified atom stereocenters. The predicted octanol–water partition coefficient (Wildman–Crippen LogP) is 3.20. The van der Waals surface area contributed by atoms with E-state index in [1.54, 1.807) is 0 Å². The van der Waals surface area contributed by atoms with Gasteiger partial charge in [0.2, 0.25) is 0 Å². The Morgan fingerprint density at radius 3 is 2.53 bits per heavy atom. The van der Waals surface area contributed by atoms with Gasteiger partial charge in [0.1, 0.15) is 5.78 Å². The lowest BCUT2D eigenvalue weighted by Crippen LogP contribution is -2.40. The number of hydrogen-bond donors (Lipinski definition) is 0. The van der Waals surface area contributed by atoms with Crippen molar-refractivity contribution in [3.05, 3.63) is 0 Å². The molecule has 3 saturated carbocycles. The summed E-state index contributed by atoms with van der Waals surface area (Å²) >= 11 is 0. The van der Waals surface area contributed by atoms with Gasteiger partial charge >= 0.3 is 0 Å². The molecule has 0 saturated heterocycles. The van der Waals surface area contributed by atoms with Crippen molar-refractivity contribution in [2.75, 3.05) is 7.11 Å². The van der Waals surface area contributed by atoms with Crippen molar-refractivity contribution in [3.63, 3.8) is 0 Å². The van der Waals surface area contributed by atoms with Crippen LogP contribution in [0, 0.1) is 22.7 Å². The lowest BCUT2D eigenvalue weighted by atomic mass is 9.70. The van der Waals surface area contributed by atoms with E-state index in [1.807, 2.05) is 7.11 Å². The summed E-state index contributed by atoms with van der Waals surface area (Å²) in [6, 6.07) is 0. The van der Waals surface area contributed by atoms with Crippen LogP contribution < -0.4 is 0 Å². The largest absolute Gasteiger partial charge is 0.378 e. The zero-order chi connectivity index (χ0) is 12.5. The SMILES string of the molecule is COC1(C)CCC23C(=O)CC[C@H]2C(C)(C)C[C@H]13. The number of hydrogen-bond acceptors (Lipinski definition) is 2. The fraction of sp³-hybridized carbons (Fsp3) is 0.933. The van der Waals surface area contributed by atoms with Crippen molar-refractivity contribution in [2.24, 2.45) is 22.7 Å². The third-order valence-corrected chi connectivity index (χ3v) is 6.33. The van der Waals surface area contributed by atoms with Gasteiger partial charge in [0.15, 0.2) is 0 Å². The average Bonchev–Trinajstić information content (AvgIpc) is 2.82. The Hall–Kier alpha value is -0.370. The standard InChI is InChI=1S/C15H24O2/c1-13(2)9-11-14(3,17-4)7-8-15(11)10(13)5-6-12(15)16/h10-11H,5-9H2,1-4H3/t10-,11+,14?,15?/m0/s1. The van der Waals surface area contributed by atoms with Gasteiger partial charge < -0.3 is 4.74 Å². The molecule has 3 rings (SSSR count). The molecule has 17 heavy (non-hydrogen) atoms. The highest BCUT2D eigenvalue weighted by molar-refractivity contribution is 5.89. The van der Waals surface area contributed by atoms with Crippen LogP contribution in [0.2, 0.25) is 0 Å². The van der Waals surface area contributed by atoms with Crippen molar-refractivity contribution in [2.45, 2.75) is 58.5 Å². The van der Waals surface area contributed by atoms with Crippen molar-refractivity contribution < 1.29 is 9.53 Å². The van der Waals surface area contributed by atoms with Crippen LogP contribution >= 0.6 is 0 Å². The second kappa shape index (κ2) is 3.14. The highest BCUT2D eigenvalue weighted by Gasteiger charge is 2.71. The molecule has 0 N–H and O–H groups in total. The minimum Gasteiger partial charge on any atom is -0.378 e. The second-order valence-electron chi connectivity index (χ2n) is 7.32. The molecule has 0 bridgehead atoms. The molecule has 3 aliphatic rings. The maximum absolute atomic E-state index is 12.5. The molecule has 0 aromatic rings. The molecule has 0 aliphatic heterocycles. The highest BCUT2D eigenvalue weighted by Crippen LogP contribution is 2.71. The van der Waals surface area contributed by atoms with Crippen LogP contribution in [0.5, 0.6) is 0 Å². The van der Waals surface area contributed by atoms with Crippen LogP contribution in [0.1, 0.15) is 52.9 Å². The summed E-state index contributed by atoms with van der Waals surface area (Å²) in [4.78, 5) is 12.5. The van der Waals surface area contributed by atoms with E-state index in [9.17, 15) is 4.79 Å². The quantitative estimate of drug-likeness (QED) is 0.699. The summed E-state index contributed by atoms with van der Waals surface area (Å²) in [5, 5.41) is 0. The molecule has 0 heterocycles. The van der Waals surface area contributed by atoms with Gasteiger partial charge in [-0.25, -0.2) is 0 Å². The molecule has 0 aromatic carbocycles. The summed E-state index contributed by atoms with van der Waals surface area (Å²) in [6.45, 7) is 6.93. The summed E-state index contributed by atoms with van der Waals surface area (Å²) in [5.41, 5.74) is 0.233. The summed E-state index contributed by atoms with van der Waals surface area (Å²) in [5.74, 6) is 1.60. The van der Waals surface area contributed by atoms with E-state index in [0.717, 1.165) is 32.1 Å². The Morgan fingerprint density at radius 1 is 1.18 bits per heavy atom. The number of ketones is 1. The third-order valence-electron chi connectivity index (χ3n) is 6.33. The van der Waals surface area contributed by atoms with E-state index in [2.05, 4.69) is 20.8 Å². The lowest BCUT2D eigenvalue weighted by Gasteiger charge is -2.34. The Labute approximate surface area is 104 Å². The number of Topliss-reactive ketones (excluding diaryl/α,β-unsaturated/α-hetero) is 1. The monoisotopic (exact) mass is 236 g/mol. The molecule has 2 nitrogen and oxygen atoms in total. The van der Waals surface area contributed by atoms with Crippen LogP contribution in [0.15, 0.2) is 0 Å². The molecule has 0 amide bonds. The van der Waals surface area contributed by atoms with E-state index in [4.69, 9.17) is 4.74 Å². The van der Waals surface area contributed by atoms with Crippen molar-refractivity contribution in [1.82, 2.24) is 0 Å². The van der Waals surface area contributed by atoms with E-state index >= 15 is 0 Å². The Bertz CT molecular complexity index is 373. The number of carbonyl (C=O) groups is 1. The smallest absolute Gasteiger partial charge is 0.139 e. The number of rotatable bonds is 1. The first-order valence-corrected chi connectivity index (χ1v) is 6.95. The minimum absolute atomic E-state index is 0.0196. The number of carbonyl (C=O) groups excluding carboxylic acids is 1. The molecule has 0 radical (unpaired) electrons. The van der Waals surface area contributed by atoms with Gasteiger partial charge in [-0.3, -0.25) is 4.79 Å². The third kappa shape index (κ3) is 1.18. The fourth-order valence-corrected chi connectivity index (χ4v) is 5.46. The first-order chi connectivity index (χ1) is 7.87. The second-order valence-corrected chi connectivity index (χ2v) is 7.32. The van der Waals surface area contributed by atoms with Crippen LogP contribution in [0.4, 0.5) is 0 Å². The van der Waals surface area contributed by atoms with Crippen LogP contribution in [-0.2, 0) is 9.53 Å². The van der Waals surface area contributed by atoms with Crippen molar-refractivity contribution in [3.8, 4) is 0 Å². The first-order valence-electron chi connectivity index (χ1n) is 6.95. The molecular formula is C15H24O2. The molecule has 3 fully saturated rings. The van der Waals surface area contributed by atoms with Gasteiger partial charge in [0.25, 0.3) is 0 Å². The molecule has 96 valence electrons. The maximum Gasteiger partial charge on any atom is 0.139 e. The van der Waals surface area contributed by atoms with Crippen LogP contribution in [0.3, 0.4) is 0 Å². The normalized spacial score (nSPS) is 51.6. The van der Waals surface area contributed by atoms with E-state index in [1.165, 1.54) is 0 Å². The predicted molar refractivity (Wildman–Crippen MR) is 66.7 cm³/mol. The van der Waals surface area contributed by atoms with E-state index in [0.29, 0.717) is 23.0 Å². The lowest BCUT2D eigenvalue weighted by molar-refractivity contribution is -0.131. The Kier molecular flexibility index (Phi) is 2.16. The van der Waals surface area contributed by atoms with Gasteiger partial charge in [-0.15, -0.1) is 0 Å². The number of methoxy groups -OCH3 is 1. The average molecular weight is 236 g/mol. The van der Waals surface area contributed by atoms with Crippen molar-refractivity contribution in [1.29, 1.82) is 0 Å². The first kappa shape index (κ1) is 11.7. The molecule has 1 spiro atoms.